The van der Waals surface area contributed by atoms with Crippen molar-refractivity contribution in [3.8, 4) is 5.69 Å². The second-order valence-corrected chi connectivity index (χ2v) is 5.64. The molecule has 1 aromatic heterocycles. The first-order valence-corrected chi connectivity index (χ1v) is 7.65. The van der Waals surface area contributed by atoms with Crippen LogP contribution in [-0.2, 0) is 16.1 Å². The minimum absolute atomic E-state index is 0.186. The second kappa shape index (κ2) is 6.89. The van der Waals surface area contributed by atoms with Crippen LogP contribution in [0.25, 0.3) is 5.69 Å². The summed E-state index contributed by atoms with van der Waals surface area (Å²) < 4.78 is 20.9. The van der Waals surface area contributed by atoms with E-state index in [4.69, 9.17) is 9.84 Å². The van der Waals surface area contributed by atoms with Gasteiger partial charge in [-0.05, 0) is 18.2 Å². The number of carbonyl (C=O) groups excluding carboxylic acids is 2. The van der Waals surface area contributed by atoms with Crippen molar-refractivity contribution in [3.05, 3.63) is 42.0 Å². The Kier molecular flexibility index (Phi) is 4.66. The Bertz CT molecular complexity index is 807. The highest BCUT2D eigenvalue weighted by Crippen LogP contribution is 2.25. The third-order valence-electron chi connectivity index (χ3n) is 3.76. The molecule has 0 saturated carbocycles. The van der Waals surface area contributed by atoms with Crippen LogP contribution in [-0.4, -0.2) is 46.1 Å². The molecule has 2 aromatic rings. The van der Waals surface area contributed by atoms with Gasteiger partial charge < -0.3 is 15.2 Å². The van der Waals surface area contributed by atoms with E-state index in [-0.39, 0.29) is 31.3 Å². The molecule has 9 heteroatoms. The molecule has 8 nitrogen and oxygen atoms in total. The number of halogens is 1. The number of anilines is 1. The van der Waals surface area contributed by atoms with Gasteiger partial charge in [0, 0.05) is 18.7 Å². The van der Waals surface area contributed by atoms with Crippen molar-refractivity contribution in [2.75, 3.05) is 18.0 Å². The summed E-state index contributed by atoms with van der Waals surface area (Å²) in [6, 6.07) is 4.30. The van der Waals surface area contributed by atoms with Crippen LogP contribution >= 0.6 is 0 Å². The summed E-state index contributed by atoms with van der Waals surface area (Å²) >= 11 is 0. The van der Waals surface area contributed by atoms with E-state index < -0.39 is 18.0 Å². The van der Waals surface area contributed by atoms with Gasteiger partial charge >= 0.3 is 6.09 Å². The fraction of sp³-hybridized carbons (Fsp3) is 0.312. The molecule has 132 valence electrons. The Balaban J connectivity index is 1.76. The molecule has 3 rings (SSSR count). The smallest absolute Gasteiger partial charge is 0.414 e. The number of nitrogens with one attached hydrogen (secondary N) is 1. The molecule has 1 atom stereocenters. The fourth-order valence-electron chi connectivity index (χ4n) is 2.52. The van der Waals surface area contributed by atoms with Crippen molar-refractivity contribution in [2.24, 2.45) is 0 Å². The highest BCUT2D eigenvalue weighted by atomic mass is 19.1. The number of cyclic esters (lactones) is 1. The zero-order valence-electron chi connectivity index (χ0n) is 13.5. The first-order valence-electron chi connectivity index (χ1n) is 7.65. The average Bonchev–Trinajstić information content (AvgIpc) is 3.19. The first kappa shape index (κ1) is 16.9. The van der Waals surface area contributed by atoms with Crippen LogP contribution in [0, 0.1) is 5.82 Å². The zero-order valence-corrected chi connectivity index (χ0v) is 13.5. The van der Waals surface area contributed by atoms with Gasteiger partial charge in [0.2, 0.25) is 5.91 Å². The summed E-state index contributed by atoms with van der Waals surface area (Å²) in [6.07, 6.45) is 1.88. The van der Waals surface area contributed by atoms with Gasteiger partial charge in [-0.1, -0.05) is 0 Å². The summed E-state index contributed by atoms with van der Waals surface area (Å²) in [5.74, 6) is -0.783. The van der Waals surface area contributed by atoms with E-state index >= 15 is 0 Å². The minimum atomic E-state index is -0.593. The molecule has 1 aromatic carbocycles. The Morgan fingerprint density at radius 3 is 2.96 bits per heavy atom. The fourth-order valence-corrected chi connectivity index (χ4v) is 2.52. The monoisotopic (exact) mass is 348 g/mol. The predicted octanol–water partition coefficient (Wildman–Crippen LogP) is 0.965. The van der Waals surface area contributed by atoms with E-state index in [1.807, 2.05) is 0 Å². The molecule has 1 fully saturated rings. The molecule has 0 aliphatic carbocycles. The zero-order chi connectivity index (χ0) is 18.0. The van der Waals surface area contributed by atoms with Gasteiger partial charge in [-0.15, -0.1) is 0 Å². The lowest BCUT2D eigenvalue weighted by Gasteiger charge is -2.14. The van der Waals surface area contributed by atoms with Gasteiger partial charge in [-0.3, -0.25) is 9.69 Å². The quantitative estimate of drug-likeness (QED) is 0.839. The maximum Gasteiger partial charge on any atom is 0.414 e. The van der Waals surface area contributed by atoms with Crippen molar-refractivity contribution >= 4 is 17.7 Å². The van der Waals surface area contributed by atoms with Crippen LogP contribution in [0.5, 0.6) is 0 Å². The van der Waals surface area contributed by atoms with Gasteiger partial charge in [-0.2, -0.15) is 5.10 Å². The Morgan fingerprint density at radius 2 is 2.32 bits per heavy atom. The lowest BCUT2D eigenvalue weighted by atomic mass is 10.2. The normalized spacial score (nSPS) is 16.8. The lowest BCUT2D eigenvalue weighted by molar-refractivity contribution is -0.119. The van der Waals surface area contributed by atoms with Gasteiger partial charge in [-0.25, -0.2) is 13.9 Å². The highest BCUT2D eigenvalue weighted by Gasteiger charge is 2.32. The summed E-state index contributed by atoms with van der Waals surface area (Å²) in [5.41, 5.74) is 1.12. The molecule has 0 spiro atoms. The maximum absolute atomic E-state index is 14.4. The lowest BCUT2D eigenvalue weighted by Crippen LogP contribution is -2.33. The molecule has 2 amide bonds. The Morgan fingerprint density at radius 1 is 1.52 bits per heavy atom. The molecule has 0 radical (unpaired) electrons. The van der Waals surface area contributed by atoms with Crippen molar-refractivity contribution in [2.45, 2.75) is 19.6 Å². The molecular weight excluding hydrogens is 331 g/mol. The summed E-state index contributed by atoms with van der Waals surface area (Å²) in [6.45, 7) is 1.61. The summed E-state index contributed by atoms with van der Waals surface area (Å²) in [5, 5.41) is 15.6. The summed E-state index contributed by atoms with van der Waals surface area (Å²) in [7, 11) is 0. The third-order valence-corrected chi connectivity index (χ3v) is 3.76. The van der Waals surface area contributed by atoms with Crippen molar-refractivity contribution in [3.63, 3.8) is 0 Å². The van der Waals surface area contributed by atoms with E-state index in [1.165, 1.54) is 41.0 Å². The number of amides is 2. The molecular formula is C16H17FN4O4. The number of hydrogen-bond donors (Lipinski definition) is 2. The Labute approximate surface area is 142 Å². The third kappa shape index (κ3) is 3.61. The number of rotatable bonds is 5. The van der Waals surface area contributed by atoms with Crippen LogP contribution in [0.3, 0.4) is 0 Å². The highest BCUT2D eigenvalue weighted by molar-refractivity contribution is 5.90. The Hall–Kier alpha value is -2.94. The largest absolute Gasteiger partial charge is 0.442 e. The van der Waals surface area contributed by atoms with Gasteiger partial charge in [0.15, 0.2) is 5.82 Å². The van der Waals surface area contributed by atoms with Crippen molar-refractivity contribution in [1.29, 1.82) is 0 Å². The molecule has 2 heterocycles. The van der Waals surface area contributed by atoms with Crippen LogP contribution in [0.15, 0.2) is 30.6 Å². The van der Waals surface area contributed by atoms with E-state index in [9.17, 15) is 14.0 Å². The van der Waals surface area contributed by atoms with Crippen LogP contribution in [0.4, 0.5) is 14.9 Å². The van der Waals surface area contributed by atoms with Crippen LogP contribution < -0.4 is 10.2 Å². The van der Waals surface area contributed by atoms with E-state index in [1.54, 1.807) is 6.07 Å². The first-order chi connectivity index (χ1) is 12.0. The van der Waals surface area contributed by atoms with E-state index in [2.05, 4.69) is 10.4 Å². The number of benzene rings is 1. The summed E-state index contributed by atoms with van der Waals surface area (Å²) in [4.78, 5) is 24.2. The number of carbonyl (C=O) groups is 2. The topological polar surface area (TPSA) is 96.7 Å². The van der Waals surface area contributed by atoms with Crippen molar-refractivity contribution in [1.82, 2.24) is 15.1 Å². The van der Waals surface area contributed by atoms with Crippen molar-refractivity contribution < 1.29 is 23.8 Å². The molecule has 1 saturated heterocycles. The van der Waals surface area contributed by atoms with Gasteiger partial charge in [0.1, 0.15) is 11.8 Å². The van der Waals surface area contributed by atoms with Crippen LogP contribution in [0.1, 0.15) is 12.5 Å². The molecule has 1 aliphatic rings. The minimum Gasteiger partial charge on any atom is -0.442 e. The molecule has 2 N–H and O–H groups in total. The number of ether oxygens (including phenoxy) is 1. The number of aliphatic hydroxyl groups excluding tert-OH is 1. The van der Waals surface area contributed by atoms with E-state index in [0.29, 0.717) is 11.3 Å². The number of hydrogen-bond acceptors (Lipinski definition) is 5. The van der Waals surface area contributed by atoms with E-state index in [0.717, 1.165) is 0 Å². The molecule has 25 heavy (non-hydrogen) atoms. The molecule has 1 aliphatic heterocycles. The number of aromatic nitrogens is 2. The number of nitrogens with zero attached hydrogens (tertiary/aromatic N) is 3. The average molecular weight is 348 g/mol. The molecule has 1 unspecified atom stereocenters. The number of aliphatic hydroxyl groups is 1. The standard InChI is InChI=1S/C16H17FN4O4/c1-10(23)18-6-13-8-20(16(24)25-13)12-2-3-15(14(17)4-12)21-7-11(9-22)5-19-21/h2-5,7,13,22H,6,8-9H2,1H3,(H,18,23). The van der Waals surface area contributed by atoms with Gasteiger partial charge in [0.05, 0.1) is 31.6 Å². The second-order valence-electron chi connectivity index (χ2n) is 5.64. The molecule has 0 bridgehead atoms. The predicted molar refractivity (Wildman–Crippen MR) is 85.7 cm³/mol. The SMILES string of the molecule is CC(=O)NCC1CN(c2ccc(-n3cc(CO)cn3)c(F)c2)C(=O)O1. The van der Waals surface area contributed by atoms with Crippen LogP contribution in [0.2, 0.25) is 0 Å². The maximum atomic E-state index is 14.4. The van der Waals surface area contributed by atoms with Gasteiger partial charge in [0.25, 0.3) is 0 Å².